The van der Waals surface area contributed by atoms with Gasteiger partial charge < -0.3 is 9.64 Å². The average Bonchev–Trinajstić information content (AvgIpc) is 3.64. The van der Waals surface area contributed by atoms with E-state index in [1.54, 1.807) is 7.11 Å². The fourth-order valence-electron chi connectivity index (χ4n) is 6.83. The number of nitrogens with one attached hydrogen (secondary N) is 1. The molecule has 1 saturated heterocycles. The van der Waals surface area contributed by atoms with Crippen LogP contribution in [-0.4, -0.2) is 67.4 Å². The second-order valence-corrected chi connectivity index (χ2v) is 11.9. The lowest BCUT2D eigenvalue weighted by molar-refractivity contribution is -0.149. The second-order valence-electron chi connectivity index (χ2n) is 11.6. The SMILES string of the molecule is C=CC(=O)N1CC2(CC(n3nc(-c4ccc5c(cnn5CCOC)c4)c(-c4c(Cl)c(C)cc5[nH]ncc45)c3C)C2)C1. The number of halogens is 1. The molecule has 9 nitrogen and oxygen atoms in total. The maximum Gasteiger partial charge on any atom is 0.245 e. The Balaban J connectivity index is 1.33. The Labute approximate surface area is 242 Å². The number of benzene rings is 2. The number of nitrogens with zero attached hydrogens (tertiary/aromatic N) is 6. The molecule has 1 aliphatic carbocycles. The number of likely N-dealkylation sites (tertiary alicyclic amines) is 1. The summed E-state index contributed by atoms with van der Waals surface area (Å²) in [5.41, 5.74) is 8.10. The van der Waals surface area contributed by atoms with E-state index in [4.69, 9.17) is 21.4 Å². The monoisotopic (exact) mass is 569 g/mol. The number of methoxy groups -OCH3 is 1. The van der Waals surface area contributed by atoms with Gasteiger partial charge in [0.25, 0.3) is 0 Å². The highest BCUT2D eigenvalue weighted by Crippen LogP contribution is 2.55. The van der Waals surface area contributed by atoms with Gasteiger partial charge in [0.2, 0.25) is 5.91 Å². The number of ether oxygens (including phenoxy) is 1. The van der Waals surface area contributed by atoms with Crippen LogP contribution in [0.3, 0.4) is 0 Å². The number of aromatic amines is 1. The first-order chi connectivity index (χ1) is 19.8. The molecule has 2 aromatic carbocycles. The summed E-state index contributed by atoms with van der Waals surface area (Å²) in [6.45, 7) is 10.7. The number of amides is 1. The summed E-state index contributed by atoms with van der Waals surface area (Å²) in [5, 5.41) is 20.0. The van der Waals surface area contributed by atoms with Gasteiger partial charge in [0.15, 0.2) is 0 Å². The first-order valence-corrected chi connectivity index (χ1v) is 14.3. The third-order valence-corrected chi connectivity index (χ3v) is 9.40. The lowest BCUT2D eigenvalue weighted by Gasteiger charge is -2.58. The summed E-state index contributed by atoms with van der Waals surface area (Å²) >= 11 is 7.07. The molecule has 2 fully saturated rings. The van der Waals surface area contributed by atoms with Gasteiger partial charge in [-0.25, -0.2) is 0 Å². The Morgan fingerprint density at radius 2 is 2.02 bits per heavy atom. The van der Waals surface area contributed by atoms with Crippen LogP contribution in [0.2, 0.25) is 5.02 Å². The fourth-order valence-corrected chi connectivity index (χ4v) is 7.08. The van der Waals surface area contributed by atoms with Crippen molar-refractivity contribution in [3.8, 4) is 22.4 Å². The van der Waals surface area contributed by atoms with Crippen molar-refractivity contribution in [3.05, 3.63) is 65.6 Å². The number of aromatic nitrogens is 6. The summed E-state index contributed by atoms with van der Waals surface area (Å²) in [5.74, 6) is 0.0121. The van der Waals surface area contributed by atoms with E-state index in [9.17, 15) is 4.79 Å². The van der Waals surface area contributed by atoms with E-state index >= 15 is 0 Å². The third kappa shape index (κ3) is 4.01. The standard InChI is InChI=1S/C31H32ClN7O2/c1-5-26(40)37-16-31(17-37)12-22(13-31)39-19(3)27(28-23-15-33-35-24(23)10-18(2)29(28)32)30(36-39)20-6-7-25-21(11-20)14-34-38(25)8-9-41-4/h5-7,10-11,14-15,22H,1,8-9,12-13,16-17H2,2-4H3,(H,33,35). The highest BCUT2D eigenvalue weighted by molar-refractivity contribution is 6.36. The van der Waals surface area contributed by atoms with Crippen molar-refractivity contribution >= 4 is 39.3 Å². The molecular weight excluding hydrogens is 538 g/mol. The zero-order chi connectivity index (χ0) is 28.5. The molecule has 1 amide bonds. The molecule has 0 bridgehead atoms. The minimum absolute atomic E-state index is 0.0121. The third-order valence-electron chi connectivity index (χ3n) is 8.91. The Hall–Kier alpha value is -3.95. The number of fused-ring (bicyclic) bond motifs is 2. The van der Waals surface area contributed by atoms with Crippen molar-refractivity contribution < 1.29 is 9.53 Å². The Morgan fingerprint density at radius 3 is 2.78 bits per heavy atom. The van der Waals surface area contributed by atoms with Crippen molar-refractivity contribution in [3.63, 3.8) is 0 Å². The van der Waals surface area contributed by atoms with E-state index in [1.165, 1.54) is 6.08 Å². The molecule has 10 heteroatoms. The molecule has 0 radical (unpaired) electrons. The Bertz CT molecular complexity index is 1830. The fraction of sp³-hybridized carbons (Fsp3) is 0.355. The number of rotatable bonds is 7. The van der Waals surface area contributed by atoms with Crippen molar-refractivity contribution in [1.29, 1.82) is 0 Å². The van der Waals surface area contributed by atoms with Crippen LogP contribution >= 0.6 is 11.6 Å². The Morgan fingerprint density at radius 1 is 1.22 bits per heavy atom. The van der Waals surface area contributed by atoms with Crippen LogP contribution in [0.1, 0.15) is 30.1 Å². The van der Waals surface area contributed by atoms with E-state index in [2.05, 4.69) is 51.7 Å². The first kappa shape index (κ1) is 26.0. The van der Waals surface area contributed by atoms with Gasteiger partial charge in [-0.2, -0.15) is 15.3 Å². The van der Waals surface area contributed by atoms with Gasteiger partial charge in [-0.1, -0.05) is 24.2 Å². The molecule has 2 aliphatic rings. The molecule has 210 valence electrons. The van der Waals surface area contributed by atoms with Gasteiger partial charge in [0.05, 0.1) is 47.6 Å². The highest BCUT2D eigenvalue weighted by atomic mass is 35.5. The maximum absolute atomic E-state index is 12.0. The lowest BCUT2D eigenvalue weighted by Crippen LogP contribution is -2.63. The van der Waals surface area contributed by atoms with Crippen LogP contribution in [0.5, 0.6) is 0 Å². The van der Waals surface area contributed by atoms with E-state index in [-0.39, 0.29) is 17.4 Å². The molecule has 4 heterocycles. The van der Waals surface area contributed by atoms with E-state index in [1.807, 2.05) is 35.0 Å². The summed E-state index contributed by atoms with van der Waals surface area (Å²) in [7, 11) is 1.70. The molecule has 0 unspecified atom stereocenters. The van der Waals surface area contributed by atoms with Crippen molar-refractivity contribution in [2.24, 2.45) is 5.41 Å². The molecule has 5 aromatic rings. The predicted molar refractivity (Wildman–Crippen MR) is 160 cm³/mol. The van der Waals surface area contributed by atoms with Crippen molar-refractivity contribution in [1.82, 2.24) is 34.7 Å². The first-order valence-electron chi connectivity index (χ1n) is 13.9. The second kappa shape index (κ2) is 9.56. The van der Waals surface area contributed by atoms with Crippen LogP contribution in [0.15, 0.2) is 49.3 Å². The number of carbonyl (C=O) groups is 1. The van der Waals surface area contributed by atoms with Gasteiger partial charge in [-0.05, 0) is 56.5 Å². The molecule has 0 atom stereocenters. The van der Waals surface area contributed by atoms with Gasteiger partial charge in [0.1, 0.15) is 5.69 Å². The summed E-state index contributed by atoms with van der Waals surface area (Å²) in [6, 6.07) is 8.68. The Kier molecular flexibility index (Phi) is 6.06. The van der Waals surface area contributed by atoms with Gasteiger partial charge in [-0.15, -0.1) is 0 Å². The van der Waals surface area contributed by atoms with E-state index in [0.717, 1.165) is 81.4 Å². The minimum atomic E-state index is 0.0121. The predicted octanol–water partition coefficient (Wildman–Crippen LogP) is 5.71. The lowest BCUT2D eigenvalue weighted by atomic mass is 9.60. The van der Waals surface area contributed by atoms with Crippen LogP contribution in [0, 0.1) is 19.3 Å². The summed E-state index contributed by atoms with van der Waals surface area (Å²) in [4.78, 5) is 13.9. The van der Waals surface area contributed by atoms with E-state index in [0.29, 0.717) is 18.2 Å². The van der Waals surface area contributed by atoms with Gasteiger partial charge in [-0.3, -0.25) is 19.3 Å². The molecule has 1 saturated carbocycles. The molecule has 1 N–H and O–H groups in total. The summed E-state index contributed by atoms with van der Waals surface area (Å²) in [6.07, 6.45) is 7.12. The maximum atomic E-state index is 12.0. The van der Waals surface area contributed by atoms with Crippen molar-refractivity contribution in [2.45, 2.75) is 39.3 Å². The number of H-pyrrole nitrogens is 1. The number of hydrogen-bond donors (Lipinski definition) is 1. The zero-order valence-electron chi connectivity index (χ0n) is 23.4. The van der Waals surface area contributed by atoms with Crippen LogP contribution in [-0.2, 0) is 16.1 Å². The van der Waals surface area contributed by atoms with Crippen LogP contribution in [0.4, 0.5) is 0 Å². The van der Waals surface area contributed by atoms with Crippen LogP contribution in [0.25, 0.3) is 44.2 Å². The van der Waals surface area contributed by atoms with E-state index < -0.39 is 0 Å². The number of aryl methyl sites for hydroxylation is 1. The molecule has 3 aromatic heterocycles. The summed E-state index contributed by atoms with van der Waals surface area (Å²) < 4.78 is 9.41. The quantitative estimate of drug-likeness (QED) is 0.253. The van der Waals surface area contributed by atoms with Crippen molar-refractivity contribution in [2.75, 3.05) is 26.8 Å². The zero-order valence-corrected chi connectivity index (χ0v) is 24.2. The smallest absolute Gasteiger partial charge is 0.245 e. The molecule has 7 rings (SSSR count). The minimum Gasteiger partial charge on any atom is -0.383 e. The normalized spacial score (nSPS) is 16.4. The molecule has 1 spiro atoms. The topological polar surface area (TPSA) is 93.9 Å². The molecule has 1 aliphatic heterocycles. The number of hydrogen-bond acceptors (Lipinski definition) is 5. The highest BCUT2D eigenvalue weighted by Gasteiger charge is 2.54. The van der Waals surface area contributed by atoms with Gasteiger partial charge >= 0.3 is 0 Å². The largest absolute Gasteiger partial charge is 0.383 e. The molecular formula is C31H32ClN7O2. The van der Waals surface area contributed by atoms with Gasteiger partial charge in [0, 0.05) is 58.8 Å². The molecule has 41 heavy (non-hydrogen) atoms. The average molecular weight is 570 g/mol. The van der Waals surface area contributed by atoms with Crippen LogP contribution < -0.4 is 0 Å². The number of carbonyl (C=O) groups excluding carboxylic acids is 1.